The molecule has 0 bridgehead atoms. The molecule has 1 aromatic carbocycles. The molecule has 1 aromatic heterocycles. The number of carboxylic acid groups (broad SMARTS) is 1. The van der Waals surface area contributed by atoms with Gasteiger partial charge in [-0.3, -0.25) is 4.79 Å². The average molecular weight is 287 g/mol. The van der Waals surface area contributed by atoms with Crippen molar-refractivity contribution in [1.29, 1.82) is 0 Å². The van der Waals surface area contributed by atoms with Crippen LogP contribution in [0.3, 0.4) is 0 Å². The third-order valence-corrected chi connectivity index (χ3v) is 2.70. The van der Waals surface area contributed by atoms with Crippen LogP contribution >= 0.6 is 0 Å². The zero-order valence-corrected chi connectivity index (χ0v) is 11.2. The summed E-state index contributed by atoms with van der Waals surface area (Å²) in [6, 6.07) is 7.18. The minimum absolute atomic E-state index is 0.215. The van der Waals surface area contributed by atoms with Crippen molar-refractivity contribution in [3.8, 4) is 5.75 Å². The smallest absolute Gasteiger partial charge is 0.356 e. The molecule has 1 heterocycles. The predicted molar refractivity (Wildman–Crippen MR) is 73.2 cm³/mol. The fourth-order valence-corrected chi connectivity index (χ4v) is 1.71. The summed E-state index contributed by atoms with van der Waals surface area (Å²) in [6.45, 7) is 0.228. The molecule has 0 saturated carbocycles. The quantitative estimate of drug-likeness (QED) is 0.854. The van der Waals surface area contributed by atoms with Crippen molar-refractivity contribution in [3.63, 3.8) is 0 Å². The lowest BCUT2D eigenvalue weighted by atomic mass is 10.2. The van der Waals surface area contributed by atoms with Crippen molar-refractivity contribution in [3.05, 3.63) is 53.6 Å². The highest BCUT2D eigenvalue weighted by atomic mass is 16.5. The topological polar surface area (TPSA) is 101 Å². The summed E-state index contributed by atoms with van der Waals surface area (Å²) in [5.74, 6) is -1.22. The summed E-state index contributed by atoms with van der Waals surface area (Å²) < 4.78 is 5.08. The summed E-state index contributed by atoms with van der Waals surface area (Å²) >= 11 is 0. The van der Waals surface area contributed by atoms with Crippen molar-refractivity contribution >= 4 is 11.9 Å². The van der Waals surface area contributed by atoms with Gasteiger partial charge in [0.05, 0.1) is 7.11 Å². The lowest BCUT2D eigenvalue weighted by Crippen LogP contribution is -2.26. The number of carbonyl (C=O) groups is 2. The van der Waals surface area contributed by atoms with Gasteiger partial charge in [-0.05, 0) is 17.7 Å². The first-order valence-corrected chi connectivity index (χ1v) is 6.07. The van der Waals surface area contributed by atoms with Crippen LogP contribution in [-0.4, -0.2) is 34.1 Å². The number of carbonyl (C=O) groups excluding carboxylic acids is 1. The Hall–Kier alpha value is -2.96. The first-order valence-electron chi connectivity index (χ1n) is 6.07. The number of methoxy groups -OCH3 is 1. The van der Waals surface area contributed by atoms with Gasteiger partial charge in [0.2, 0.25) is 0 Å². The van der Waals surface area contributed by atoms with Gasteiger partial charge in [-0.15, -0.1) is 0 Å². The molecular formula is C14H13N3O4. The van der Waals surface area contributed by atoms with E-state index in [9.17, 15) is 9.59 Å². The number of aromatic nitrogens is 2. The van der Waals surface area contributed by atoms with Crippen molar-refractivity contribution in [2.75, 3.05) is 7.11 Å². The highest BCUT2D eigenvalue weighted by Crippen LogP contribution is 2.12. The number of rotatable bonds is 5. The van der Waals surface area contributed by atoms with Gasteiger partial charge in [0, 0.05) is 18.9 Å². The zero-order valence-electron chi connectivity index (χ0n) is 11.2. The van der Waals surface area contributed by atoms with Crippen LogP contribution < -0.4 is 10.1 Å². The van der Waals surface area contributed by atoms with Gasteiger partial charge in [-0.25, -0.2) is 14.8 Å². The molecule has 2 N–H and O–H groups in total. The van der Waals surface area contributed by atoms with Crippen molar-refractivity contribution in [1.82, 2.24) is 15.3 Å². The Labute approximate surface area is 120 Å². The van der Waals surface area contributed by atoms with Crippen LogP contribution in [0.25, 0.3) is 0 Å². The molecule has 21 heavy (non-hydrogen) atoms. The van der Waals surface area contributed by atoms with E-state index in [1.807, 2.05) is 6.07 Å². The number of carboxylic acids is 1. The van der Waals surface area contributed by atoms with Crippen molar-refractivity contribution < 1.29 is 19.4 Å². The summed E-state index contributed by atoms with van der Waals surface area (Å²) in [7, 11) is 1.55. The van der Waals surface area contributed by atoms with E-state index >= 15 is 0 Å². The Morgan fingerprint density at radius 1 is 1.24 bits per heavy atom. The Bertz CT molecular complexity index is 673. The second-order valence-corrected chi connectivity index (χ2v) is 4.09. The molecule has 0 atom stereocenters. The molecule has 0 radical (unpaired) electrons. The van der Waals surface area contributed by atoms with Gasteiger partial charge in [0.25, 0.3) is 5.91 Å². The summed E-state index contributed by atoms with van der Waals surface area (Å²) in [6.07, 6.45) is 2.50. The van der Waals surface area contributed by atoms with Gasteiger partial charge >= 0.3 is 5.97 Å². The van der Waals surface area contributed by atoms with Crippen LogP contribution in [0, 0.1) is 0 Å². The van der Waals surface area contributed by atoms with E-state index in [1.54, 1.807) is 25.3 Å². The van der Waals surface area contributed by atoms with Gasteiger partial charge in [0.1, 0.15) is 5.75 Å². The second-order valence-electron chi connectivity index (χ2n) is 4.09. The Morgan fingerprint density at radius 3 is 2.62 bits per heavy atom. The highest BCUT2D eigenvalue weighted by molar-refractivity contribution is 6.01. The molecule has 0 aliphatic carbocycles. The maximum Gasteiger partial charge on any atom is 0.356 e. The monoisotopic (exact) mass is 287 g/mol. The molecule has 108 valence electrons. The maximum atomic E-state index is 12.0. The summed E-state index contributed by atoms with van der Waals surface area (Å²) in [5, 5.41) is 11.6. The van der Waals surface area contributed by atoms with E-state index in [0.717, 1.165) is 5.56 Å². The van der Waals surface area contributed by atoms with E-state index in [0.29, 0.717) is 5.75 Å². The third-order valence-electron chi connectivity index (χ3n) is 2.70. The molecule has 0 saturated heterocycles. The number of nitrogens with zero attached hydrogens (tertiary/aromatic N) is 2. The molecule has 1 amide bonds. The Balaban J connectivity index is 2.10. The van der Waals surface area contributed by atoms with Gasteiger partial charge in [-0.1, -0.05) is 12.1 Å². The SMILES string of the molecule is COc1cccc(CNC(=O)c2nccnc2C(=O)O)c1. The third kappa shape index (κ3) is 3.53. The Kier molecular flexibility index (Phi) is 4.45. The number of nitrogens with one attached hydrogen (secondary N) is 1. The van der Waals surface area contributed by atoms with Crippen LogP contribution in [0.5, 0.6) is 5.75 Å². The molecule has 7 heteroatoms. The van der Waals surface area contributed by atoms with Crippen LogP contribution in [0.15, 0.2) is 36.7 Å². The summed E-state index contributed by atoms with van der Waals surface area (Å²) in [5.41, 5.74) is 0.233. The zero-order chi connectivity index (χ0) is 15.2. The van der Waals surface area contributed by atoms with E-state index in [4.69, 9.17) is 9.84 Å². The minimum Gasteiger partial charge on any atom is -0.497 e. The van der Waals surface area contributed by atoms with Gasteiger partial charge < -0.3 is 15.2 Å². The van der Waals surface area contributed by atoms with E-state index in [-0.39, 0.29) is 17.9 Å². The fourth-order valence-electron chi connectivity index (χ4n) is 1.71. The molecule has 0 spiro atoms. The number of ether oxygens (including phenoxy) is 1. The number of hydrogen-bond acceptors (Lipinski definition) is 5. The second kappa shape index (κ2) is 6.47. The molecule has 2 rings (SSSR count). The molecule has 0 aliphatic rings. The normalized spacial score (nSPS) is 9.95. The van der Waals surface area contributed by atoms with Crippen molar-refractivity contribution in [2.45, 2.75) is 6.54 Å². The molecule has 7 nitrogen and oxygen atoms in total. The lowest BCUT2D eigenvalue weighted by Gasteiger charge is -2.07. The molecule has 2 aromatic rings. The molecular weight excluding hydrogens is 274 g/mol. The van der Waals surface area contributed by atoms with Crippen LogP contribution in [0.4, 0.5) is 0 Å². The molecule has 0 fully saturated rings. The van der Waals surface area contributed by atoms with E-state index in [2.05, 4.69) is 15.3 Å². The average Bonchev–Trinajstić information content (AvgIpc) is 2.52. The highest BCUT2D eigenvalue weighted by Gasteiger charge is 2.18. The fraction of sp³-hybridized carbons (Fsp3) is 0.143. The Morgan fingerprint density at radius 2 is 1.95 bits per heavy atom. The van der Waals surface area contributed by atoms with E-state index in [1.165, 1.54) is 12.4 Å². The molecule has 0 unspecified atom stereocenters. The standard InChI is InChI=1S/C14H13N3O4/c1-21-10-4-2-3-9(7-10)8-17-13(18)11-12(14(19)20)16-6-5-15-11/h2-7H,8H2,1H3,(H,17,18)(H,19,20). The first kappa shape index (κ1) is 14.4. The van der Waals surface area contributed by atoms with Gasteiger partial charge in [-0.2, -0.15) is 0 Å². The van der Waals surface area contributed by atoms with Crippen LogP contribution in [0.2, 0.25) is 0 Å². The molecule has 0 aliphatic heterocycles. The number of aromatic carboxylic acids is 1. The predicted octanol–water partition coefficient (Wildman–Crippen LogP) is 1.11. The number of hydrogen-bond donors (Lipinski definition) is 2. The number of amides is 1. The van der Waals surface area contributed by atoms with Crippen LogP contribution in [0.1, 0.15) is 26.5 Å². The van der Waals surface area contributed by atoms with Crippen LogP contribution in [-0.2, 0) is 6.54 Å². The van der Waals surface area contributed by atoms with Crippen molar-refractivity contribution in [2.24, 2.45) is 0 Å². The largest absolute Gasteiger partial charge is 0.497 e. The number of benzene rings is 1. The van der Waals surface area contributed by atoms with Gasteiger partial charge in [0.15, 0.2) is 11.4 Å². The summed E-state index contributed by atoms with van der Waals surface area (Å²) in [4.78, 5) is 30.4. The lowest BCUT2D eigenvalue weighted by molar-refractivity contribution is 0.0683. The minimum atomic E-state index is -1.30. The first-order chi connectivity index (χ1) is 10.1. The van der Waals surface area contributed by atoms with E-state index < -0.39 is 11.9 Å². The maximum absolute atomic E-state index is 12.0.